The summed E-state index contributed by atoms with van der Waals surface area (Å²) >= 11 is 1.64. The largest absolute Gasteiger partial charge is 0.372 e. The molecule has 1 atom stereocenters. The third-order valence-corrected chi connectivity index (χ3v) is 4.72. The molecule has 3 rings (SSSR count). The van der Waals surface area contributed by atoms with Gasteiger partial charge >= 0.3 is 0 Å². The number of likely N-dealkylation sites (tertiary alicyclic amines) is 1. The van der Waals surface area contributed by atoms with Crippen molar-refractivity contribution >= 4 is 17.2 Å². The number of carbonyl (C=O) groups is 1. The van der Waals surface area contributed by atoms with Crippen LogP contribution in [0.25, 0.3) is 0 Å². The summed E-state index contributed by atoms with van der Waals surface area (Å²) in [5, 5.41) is 2.01. The van der Waals surface area contributed by atoms with Crippen molar-refractivity contribution in [2.45, 2.75) is 32.0 Å². The lowest BCUT2D eigenvalue weighted by molar-refractivity contribution is -0.134. The Morgan fingerprint density at radius 1 is 1.41 bits per heavy atom. The van der Waals surface area contributed by atoms with E-state index in [2.05, 4.69) is 4.98 Å². The molecule has 0 spiro atoms. The molecule has 1 saturated heterocycles. The van der Waals surface area contributed by atoms with Crippen LogP contribution in [0.1, 0.15) is 23.3 Å². The predicted molar refractivity (Wildman–Crippen MR) is 86.7 cm³/mol. The molecular weight excluding hydrogens is 296 g/mol. The van der Waals surface area contributed by atoms with Gasteiger partial charge in [-0.2, -0.15) is 0 Å². The monoisotopic (exact) mass is 316 g/mol. The maximum Gasteiger partial charge on any atom is 0.227 e. The van der Waals surface area contributed by atoms with Gasteiger partial charge in [-0.1, -0.05) is 12.1 Å². The van der Waals surface area contributed by atoms with E-state index in [1.165, 1.54) is 0 Å². The fourth-order valence-electron chi connectivity index (χ4n) is 2.67. The number of carbonyl (C=O) groups excluding carboxylic acids is 1. The molecule has 1 aliphatic rings. The topological polar surface area (TPSA) is 42.4 Å². The molecule has 0 aliphatic carbocycles. The van der Waals surface area contributed by atoms with Crippen molar-refractivity contribution in [3.05, 3.63) is 52.5 Å². The van der Waals surface area contributed by atoms with Gasteiger partial charge in [0.25, 0.3) is 0 Å². The Hall–Kier alpha value is -1.72. The number of piperidine rings is 1. The van der Waals surface area contributed by atoms with Crippen molar-refractivity contribution in [2.75, 3.05) is 13.1 Å². The van der Waals surface area contributed by atoms with Crippen LogP contribution < -0.4 is 0 Å². The Labute approximate surface area is 134 Å². The van der Waals surface area contributed by atoms with E-state index in [0.29, 0.717) is 19.6 Å². The fraction of sp³-hybridized carbons (Fsp3) is 0.412. The fourth-order valence-corrected chi connectivity index (χ4v) is 3.37. The van der Waals surface area contributed by atoms with Gasteiger partial charge in [0, 0.05) is 30.4 Å². The molecule has 0 unspecified atom stereocenters. The highest BCUT2D eigenvalue weighted by molar-refractivity contribution is 7.10. The molecular formula is C17H20N2O2S. The Morgan fingerprint density at radius 2 is 2.36 bits per heavy atom. The van der Waals surface area contributed by atoms with Crippen LogP contribution in [0.4, 0.5) is 0 Å². The van der Waals surface area contributed by atoms with Gasteiger partial charge in [0.2, 0.25) is 5.91 Å². The second-order valence-corrected chi connectivity index (χ2v) is 6.56. The van der Waals surface area contributed by atoms with Gasteiger partial charge in [0.1, 0.15) is 0 Å². The van der Waals surface area contributed by atoms with Crippen molar-refractivity contribution in [2.24, 2.45) is 0 Å². The normalized spacial score (nSPS) is 18.4. The van der Waals surface area contributed by atoms with E-state index in [-0.39, 0.29) is 12.0 Å². The number of hydrogen-bond donors (Lipinski definition) is 0. The molecule has 0 bridgehead atoms. The summed E-state index contributed by atoms with van der Waals surface area (Å²) < 4.78 is 5.95. The summed E-state index contributed by atoms with van der Waals surface area (Å²) in [6.07, 6.45) is 6.24. The van der Waals surface area contributed by atoms with E-state index < -0.39 is 0 Å². The Balaban J connectivity index is 1.49. The minimum Gasteiger partial charge on any atom is -0.372 e. The Morgan fingerprint density at radius 3 is 3.14 bits per heavy atom. The van der Waals surface area contributed by atoms with Crippen molar-refractivity contribution < 1.29 is 9.53 Å². The quantitative estimate of drug-likeness (QED) is 0.852. The van der Waals surface area contributed by atoms with E-state index in [0.717, 1.165) is 29.8 Å². The molecule has 4 nitrogen and oxygen atoms in total. The highest BCUT2D eigenvalue weighted by atomic mass is 32.1. The lowest BCUT2D eigenvalue weighted by Gasteiger charge is -2.32. The number of thiophene rings is 1. The van der Waals surface area contributed by atoms with Crippen molar-refractivity contribution in [1.29, 1.82) is 0 Å². The molecule has 1 aliphatic heterocycles. The van der Waals surface area contributed by atoms with Crippen LogP contribution in [0.3, 0.4) is 0 Å². The number of pyridine rings is 1. The summed E-state index contributed by atoms with van der Waals surface area (Å²) in [5.41, 5.74) is 1.07. The zero-order chi connectivity index (χ0) is 15.2. The molecule has 1 amide bonds. The van der Waals surface area contributed by atoms with Gasteiger partial charge in [0.05, 0.1) is 19.1 Å². The van der Waals surface area contributed by atoms with Crippen molar-refractivity contribution in [3.63, 3.8) is 0 Å². The van der Waals surface area contributed by atoms with Gasteiger partial charge in [-0.25, -0.2) is 0 Å². The number of rotatable bonds is 5. The van der Waals surface area contributed by atoms with E-state index in [1.54, 1.807) is 17.5 Å². The first-order valence-corrected chi connectivity index (χ1v) is 8.50. The molecule has 0 aromatic carbocycles. The molecule has 0 radical (unpaired) electrons. The number of ether oxygens (including phenoxy) is 1. The third-order valence-electron chi connectivity index (χ3n) is 3.84. The molecule has 2 aromatic rings. The van der Waals surface area contributed by atoms with Crippen molar-refractivity contribution in [3.8, 4) is 0 Å². The predicted octanol–water partition coefficient (Wildman–Crippen LogP) is 2.89. The van der Waals surface area contributed by atoms with Crippen LogP contribution in [-0.2, 0) is 22.6 Å². The van der Waals surface area contributed by atoms with E-state index in [9.17, 15) is 4.79 Å². The number of amides is 1. The van der Waals surface area contributed by atoms with Gasteiger partial charge in [-0.05, 0) is 35.9 Å². The second-order valence-electron chi connectivity index (χ2n) is 5.53. The van der Waals surface area contributed by atoms with E-state index >= 15 is 0 Å². The lowest BCUT2D eigenvalue weighted by Crippen LogP contribution is -2.43. The molecule has 22 heavy (non-hydrogen) atoms. The number of nitrogens with zero attached hydrogens (tertiary/aromatic N) is 2. The summed E-state index contributed by atoms with van der Waals surface area (Å²) in [5.74, 6) is 0.206. The lowest BCUT2D eigenvalue weighted by atomic mass is 10.1. The first-order chi connectivity index (χ1) is 10.8. The first kappa shape index (κ1) is 15.2. The van der Waals surface area contributed by atoms with Crippen LogP contribution in [0, 0.1) is 0 Å². The molecule has 1 fully saturated rings. The standard InChI is InChI=1S/C17H20N2O2S/c20-17(10-16-6-3-9-22-16)19-8-2-5-15(12-19)21-13-14-4-1-7-18-11-14/h1,3-4,6-7,9,11,15H,2,5,8,10,12-13H2/t15-/m0/s1. The summed E-state index contributed by atoms with van der Waals surface area (Å²) in [4.78, 5) is 19.5. The van der Waals surface area contributed by atoms with Crippen LogP contribution in [-0.4, -0.2) is 35.0 Å². The van der Waals surface area contributed by atoms with E-state index in [1.807, 2.05) is 40.7 Å². The molecule has 3 heterocycles. The minimum absolute atomic E-state index is 0.126. The molecule has 2 aromatic heterocycles. The average molecular weight is 316 g/mol. The highest BCUT2D eigenvalue weighted by Gasteiger charge is 2.24. The van der Waals surface area contributed by atoms with Crippen molar-refractivity contribution in [1.82, 2.24) is 9.88 Å². The van der Waals surface area contributed by atoms with Crippen LogP contribution in [0.5, 0.6) is 0 Å². The van der Waals surface area contributed by atoms with Gasteiger partial charge in [-0.15, -0.1) is 11.3 Å². The third kappa shape index (κ3) is 4.15. The molecule has 116 valence electrons. The smallest absolute Gasteiger partial charge is 0.227 e. The summed E-state index contributed by atoms with van der Waals surface area (Å²) in [7, 11) is 0. The first-order valence-electron chi connectivity index (χ1n) is 7.62. The van der Waals surface area contributed by atoms with Gasteiger partial charge in [0.15, 0.2) is 0 Å². The zero-order valence-corrected chi connectivity index (χ0v) is 13.3. The van der Waals surface area contributed by atoms with Gasteiger partial charge < -0.3 is 9.64 Å². The highest BCUT2D eigenvalue weighted by Crippen LogP contribution is 2.17. The Bertz CT molecular complexity index is 586. The SMILES string of the molecule is O=C(Cc1cccs1)N1CCC[C@H](OCc2cccnc2)C1. The number of hydrogen-bond acceptors (Lipinski definition) is 4. The molecule has 0 N–H and O–H groups in total. The Kier molecular flexibility index (Phi) is 5.19. The number of aromatic nitrogens is 1. The van der Waals surface area contributed by atoms with Gasteiger partial charge in [-0.3, -0.25) is 9.78 Å². The average Bonchev–Trinajstić information content (AvgIpc) is 3.07. The second kappa shape index (κ2) is 7.51. The van der Waals surface area contributed by atoms with E-state index in [4.69, 9.17) is 4.74 Å². The zero-order valence-electron chi connectivity index (χ0n) is 12.5. The maximum atomic E-state index is 12.4. The van der Waals surface area contributed by atoms with Crippen LogP contribution in [0.15, 0.2) is 42.0 Å². The van der Waals surface area contributed by atoms with Crippen LogP contribution >= 0.6 is 11.3 Å². The van der Waals surface area contributed by atoms with Crippen LogP contribution in [0.2, 0.25) is 0 Å². The minimum atomic E-state index is 0.126. The summed E-state index contributed by atoms with van der Waals surface area (Å²) in [6.45, 7) is 2.10. The summed E-state index contributed by atoms with van der Waals surface area (Å²) in [6, 6.07) is 7.93. The molecule has 5 heteroatoms. The maximum absolute atomic E-state index is 12.4. The molecule has 0 saturated carbocycles.